The Hall–Kier alpha value is -11.8. The standard InChI is InChI=1S/C80H89N13O15/c1-45(2)71(86-69(96)40-83-68(95)39-82-67(94)26-27-70(97)90-41-51-14-9-10-15-55(51)73-72(87-88-93(73)46(3)4)56-16-11-12-17-60(56)90)75(99)84-48(6)74(98)85-53-24-20-49(21-25-53)43-108-79(103)92-61-36-66(64(105-8)34-58(61)77(101)91-44-80(28-29-80)37-62(91)78(92)102)107-31-13-30-106-65-35-59-57(33-63(65)104-7)76(100)89-42-52(32-54(89)38-81-59)50-22-18-47(5)19-23-50/h9-12,14-25,33-36,42,45-46,48,54,62,71,78,81,102H,13,26-32,37-41,43-44H2,1-8H3,(H,82,94)(H,83,95)(H,84,99)(H,85,98)(H,86,96)/t48-,54-,62-,71-,78?/m0/s1. The number of amides is 9. The SMILES string of the molecule is COc1cc2c(cc1OCCCOc1cc3c(cc1OC)C(=O)N1CC4(CC4)C[C@H]1C(O)N3C(=O)OCc1ccc(NC(=O)[C@H](C)NC(=O)[C@@H](NC(=O)CNC(=O)CNC(=O)CCC(=O)N3Cc4ccccc4-c4c(nnn4C(C)C)-c4ccccc43)C(C)C)cc1)NC[C@@H]1CC(c3ccc(C)cc3)=CN1C2=O. The molecule has 6 heterocycles. The molecule has 5 atom stereocenters. The van der Waals surface area contributed by atoms with E-state index in [1.165, 1.54) is 33.3 Å². The van der Waals surface area contributed by atoms with E-state index < -0.39 is 79.0 Å². The molecule has 1 spiro atoms. The van der Waals surface area contributed by atoms with E-state index in [1.807, 2.05) is 80.2 Å². The molecule has 564 valence electrons. The zero-order chi connectivity index (χ0) is 76.2. The van der Waals surface area contributed by atoms with Crippen molar-refractivity contribution in [3.63, 3.8) is 0 Å². The third-order valence-electron chi connectivity index (χ3n) is 20.6. The Morgan fingerprint density at radius 1 is 0.704 bits per heavy atom. The van der Waals surface area contributed by atoms with Gasteiger partial charge in [0.15, 0.2) is 29.2 Å². The number of fused-ring (bicyclic) bond motifs is 9. The third kappa shape index (κ3) is 15.8. The molecule has 5 aliphatic heterocycles. The number of carbonyl (C=O) groups is 9. The molecule has 1 saturated heterocycles. The van der Waals surface area contributed by atoms with Crippen molar-refractivity contribution in [3.8, 4) is 45.5 Å². The normalized spacial score (nSPS) is 17.6. The number of hydrogen-bond acceptors (Lipinski definition) is 18. The molecule has 9 amide bonds. The van der Waals surface area contributed by atoms with E-state index in [4.69, 9.17) is 23.7 Å². The van der Waals surface area contributed by atoms with Crippen molar-refractivity contribution < 1.29 is 71.9 Å². The van der Waals surface area contributed by atoms with Gasteiger partial charge in [-0.1, -0.05) is 103 Å². The van der Waals surface area contributed by atoms with Crippen LogP contribution in [0.1, 0.15) is 129 Å². The van der Waals surface area contributed by atoms with Gasteiger partial charge in [-0.05, 0) is 117 Å². The van der Waals surface area contributed by atoms with Gasteiger partial charge in [0.05, 0.1) is 93.0 Å². The minimum absolute atomic E-state index is 0.0194. The summed E-state index contributed by atoms with van der Waals surface area (Å²) >= 11 is 0. The fraction of sp³-hybridized carbons (Fsp3) is 0.388. The van der Waals surface area contributed by atoms with E-state index in [-0.39, 0.29) is 97.2 Å². The summed E-state index contributed by atoms with van der Waals surface area (Å²) in [5.74, 6) is -3.29. The number of benzene rings is 6. The molecule has 7 N–H and O–H groups in total. The lowest BCUT2D eigenvalue weighted by Gasteiger charge is -2.31. The summed E-state index contributed by atoms with van der Waals surface area (Å²) in [7, 11) is 2.96. The van der Waals surface area contributed by atoms with Crippen molar-refractivity contribution >= 4 is 81.7 Å². The average molecular weight is 1470 g/mol. The smallest absolute Gasteiger partial charge is 0.416 e. The predicted octanol–water partition coefficient (Wildman–Crippen LogP) is 8.66. The first-order valence-corrected chi connectivity index (χ1v) is 36.4. The molecule has 108 heavy (non-hydrogen) atoms. The maximum atomic E-state index is 14.5. The second-order valence-electron chi connectivity index (χ2n) is 28.9. The molecule has 2 fully saturated rings. The summed E-state index contributed by atoms with van der Waals surface area (Å²) in [5, 5.41) is 37.7. The van der Waals surface area contributed by atoms with Crippen LogP contribution in [0.4, 0.5) is 27.5 Å². The summed E-state index contributed by atoms with van der Waals surface area (Å²) in [5.41, 5.74) is 9.88. The summed E-state index contributed by atoms with van der Waals surface area (Å²) in [4.78, 5) is 129. The van der Waals surface area contributed by atoms with Gasteiger partial charge >= 0.3 is 6.09 Å². The lowest BCUT2D eigenvalue weighted by molar-refractivity contribution is -0.132. The molecule has 7 aromatic rings. The Morgan fingerprint density at radius 2 is 1.38 bits per heavy atom. The van der Waals surface area contributed by atoms with Gasteiger partial charge in [-0.15, -0.1) is 5.10 Å². The maximum Gasteiger partial charge on any atom is 0.416 e. The van der Waals surface area contributed by atoms with Crippen LogP contribution in [0.5, 0.6) is 23.0 Å². The van der Waals surface area contributed by atoms with E-state index in [1.54, 1.807) is 64.9 Å². The molecule has 1 aromatic heterocycles. The molecule has 0 bridgehead atoms. The number of ether oxygens (including phenoxy) is 5. The Kier molecular flexibility index (Phi) is 21.9. The molecule has 13 rings (SSSR count). The summed E-state index contributed by atoms with van der Waals surface area (Å²) in [6.07, 6.45) is 2.42. The van der Waals surface area contributed by atoms with Crippen LogP contribution in [0.15, 0.2) is 128 Å². The number of nitrogens with zero attached hydrogens (tertiary/aromatic N) is 7. The number of hydrogen-bond donors (Lipinski definition) is 7. The number of aromatic nitrogens is 3. The van der Waals surface area contributed by atoms with Crippen molar-refractivity contribution in [1.29, 1.82) is 0 Å². The van der Waals surface area contributed by atoms with Crippen LogP contribution in [-0.2, 0) is 46.7 Å². The van der Waals surface area contributed by atoms with Gasteiger partial charge in [0.2, 0.25) is 35.4 Å². The van der Waals surface area contributed by atoms with E-state index >= 15 is 0 Å². The third-order valence-corrected chi connectivity index (χ3v) is 20.6. The topological polar surface area (TPSA) is 336 Å². The Balaban J connectivity index is 0.569. The number of methoxy groups -OCH3 is 2. The van der Waals surface area contributed by atoms with Gasteiger partial charge in [0.1, 0.15) is 24.4 Å². The fourth-order valence-corrected chi connectivity index (χ4v) is 14.5. The average Bonchev–Trinajstić information content (AvgIpc) is 1.56. The highest BCUT2D eigenvalue weighted by atomic mass is 16.6. The molecule has 6 aliphatic rings. The number of anilines is 4. The van der Waals surface area contributed by atoms with E-state index in [9.17, 15) is 48.3 Å². The summed E-state index contributed by atoms with van der Waals surface area (Å²) < 4.78 is 31.8. The largest absolute Gasteiger partial charge is 0.493 e. The number of nitrogens with one attached hydrogen (secondary N) is 6. The first-order chi connectivity index (χ1) is 52.0. The Labute approximate surface area is 624 Å². The zero-order valence-electron chi connectivity index (χ0n) is 61.6. The van der Waals surface area contributed by atoms with Crippen molar-refractivity contribution in [3.05, 3.63) is 161 Å². The van der Waals surface area contributed by atoms with E-state index in [0.717, 1.165) is 56.8 Å². The number of carbonyl (C=O) groups excluding carboxylic acids is 9. The molecule has 6 aromatic carbocycles. The van der Waals surface area contributed by atoms with E-state index in [0.29, 0.717) is 77.7 Å². The number of para-hydroxylation sites is 1. The van der Waals surface area contributed by atoms with Gasteiger partial charge in [-0.3, -0.25) is 38.4 Å². The first-order valence-electron chi connectivity index (χ1n) is 36.4. The van der Waals surface area contributed by atoms with Crippen LogP contribution in [0.2, 0.25) is 0 Å². The molecule has 1 aliphatic carbocycles. The quantitative estimate of drug-likeness (QED) is 0.0263. The maximum absolute atomic E-state index is 14.5. The minimum Gasteiger partial charge on any atom is -0.493 e. The number of aliphatic hydroxyl groups excluding tert-OH is 1. The summed E-state index contributed by atoms with van der Waals surface area (Å²) in [6.45, 7) is 11.1. The number of aliphatic hydroxyl groups is 1. The highest BCUT2D eigenvalue weighted by molar-refractivity contribution is 6.07. The van der Waals surface area contributed by atoms with Gasteiger partial charge in [0, 0.05) is 73.5 Å². The van der Waals surface area contributed by atoms with Crippen molar-refractivity contribution in [2.75, 3.05) is 74.0 Å². The fourth-order valence-electron chi connectivity index (χ4n) is 14.5. The Morgan fingerprint density at radius 3 is 2.08 bits per heavy atom. The molecule has 1 unspecified atom stereocenters. The van der Waals surface area contributed by atoms with Crippen molar-refractivity contribution in [2.45, 2.75) is 136 Å². The van der Waals surface area contributed by atoms with Gasteiger partial charge in [-0.2, -0.15) is 0 Å². The molecular formula is C80H89N13O15. The van der Waals surface area contributed by atoms with Gasteiger partial charge in [0.25, 0.3) is 11.8 Å². The van der Waals surface area contributed by atoms with Crippen LogP contribution in [-0.4, -0.2) is 167 Å². The molecular weight excluding hydrogens is 1380 g/mol. The highest BCUT2D eigenvalue weighted by Crippen LogP contribution is 2.57. The van der Waals surface area contributed by atoms with Gasteiger partial charge < -0.3 is 75.4 Å². The lowest BCUT2D eigenvalue weighted by atomic mass is 9.95. The summed E-state index contributed by atoms with van der Waals surface area (Å²) in [6, 6.07) is 33.3. The second kappa shape index (κ2) is 31.7. The molecule has 28 heteroatoms. The zero-order valence-corrected chi connectivity index (χ0v) is 61.6. The van der Waals surface area contributed by atoms with Crippen LogP contribution < -0.4 is 60.6 Å². The van der Waals surface area contributed by atoms with Gasteiger partial charge in [-0.25, -0.2) is 14.4 Å². The van der Waals surface area contributed by atoms with Crippen LogP contribution in [0.25, 0.3) is 28.1 Å². The Bertz CT molecular complexity index is 4690. The van der Waals surface area contributed by atoms with Crippen molar-refractivity contribution in [1.82, 2.24) is 46.1 Å². The molecule has 0 radical (unpaired) electrons. The van der Waals surface area contributed by atoms with Crippen LogP contribution in [0.3, 0.4) is 0 Å². The predicted molar refractivity (Wildman–Crippen MR) is 401 cm³/mol. The molecule has 1 saturated carbocycles. The van der Waals surface area contributed by atoms with Crippen molar-refractivity contribution in [2.24, 2.45) is 11.3 Å². The minimum atomic E-state index is -1.50. The second-order valence-corrected chi connectivity index (χ2v) is 28.9. The molecule has 28 nitrogen and oxygen atoms in total. The van der Waals surface area contributed by atoms with Crippen LogP contribution >= 0.6 is 0 Å². The van der Waals surface area contributed by atoms with E-state index in [2.05, 4.69) is 66.5 Å². The number of rotatable bonds is 25. The highest BCUT2D eigenvalue weighted by Gasteiger charge is 2.58. The monoisotopic (exact) mass is 1470 g/mol. The number of aryl methyl sites for hydroxylation is 1. The lowest BCUT2D eigenvalue weighted by Crippen LogP contribution is -2.55. The first kappa shape index (κ1) is 74.5. The van der Waals surface area contributed by atoms with Crippen LogP contribution in [0, 0.1) is 18.3 Å².